The number of hydrogen-bond donors (Lipinski definition) is 2. The van der Waals surface area contributed by atoms with E-state index in [-0.39, 0.29) is 29.7 Å². The monoisotopic (exact) mass is 289 g/mol. The topological polar surface area (TPSA) is 80.3 Å². The van der Waals surface area contributed by atoms with Gasteiger partial charge in [-0.25, -0.2) is 0 Å². The number of amides is 2. The second-order valence-electron chi connectivity index (χ2n) is 5.52. The molecule has 2 N–H and O–H groups in total. The smallest absolute Gasteiger partial charge is 0.270 e. The first-order valence-corrected chi connectivity index (χ1v) is 7.39. The molecule has 0 bridgehead atoms. The van der Waals surface area contributed by atoms with Crippen LogP contribution in [-0.2, 0) is 4.74 Å². The zero-order valence-corrected chi connectivity index (χ0v) is 11.8. The molecule has 2 heterocycles. The van der Waals surface area contributed by atoms with Crippen LogP contribution in [0, 0.1) is 0 Å². The number of rotatable bonds is 5. The third-order valence-corrected chi connectivity index (χ3v) is 3.68. The van der Waals surface area contributed by atoms with Crippen molar-refractivity contribution >= 4 is 11.8 Å². The SMILES string of the molecule is O=C(NCC1CCCO1)c1ccnc(C(=O)NC2CC2)c1. The summed E-state index contributed by atoms with van der Waals surface area (Å²) < 4.78 is 5.46. The van der Waals surface area contributed by atoms with Crippen LogP contribution < -0.4 is 10.6 Å². The molecule has 0 radical (unpaired) electrons. The van der Waals surface area contributed by atoms with Crippen molar-refractivity contribution in [3.63, 3.8) is 0 Å². The minimum Gasteiger partial charge on any atom is -0.376 e. The van der Waals surface area contributed by atoms with Crippen LogP contribution in [0.2, 0.25) is 0 Å². The van der Waals surface area contributed by atoms with Crippen molar-refractivity contribution in [2.75, 3.05) is 13.2 Å². The summed E-state index contributed by atoms with van der Waals surface area (Å²) in [5, 5.41) is 5.70. The molecule has 1 saturated heterocycles. The van der Waals surface area contributed by atoms with Gasteiger partial charge in [-0.15, -0.1) is 0 Å². The zero-order valence-electron chi connectivity index (χ0n) is 11.8. The predicted octanol–water partition coefficient (Wildman–Crippen LogP) is 0.883. The van der Waals surface area contributed by atoms with E-state index in [0.29, 0.717) is 12.1 Å². The highest BCUT2D eigenvalue weighted by molar-refractivity contribution is 5.98. The van der Waals surface area contributed by atoms with Gasteiger partial charge in [0, 0.05) is 31.0 Å². The Balaban J connectivity index is 1.58. The van der Waals surface area contributed by atoms with Crippen molar-refractivity contribution in [1.82, 2.24) is 15.6 Å². The van der Waals surface area contributed by atoms with Crippen molar-refractivity contribution in [3.05, 3.63) is 29.6 Å². The molecule has 1 aromatic heterocycles. The second kappa shape index (κ2) is 6.22. The molecule has 1 aliphatic heterocycles. The largest absolute Gasteiger partial charge is 0.376 e. The normalized spacial score (nSPS) is 21.0. The zero-order chi connectivity index (χ0) is 14.7. The molecule has 1 unspecified atom stereocenters. The van der Waals surface area contributed by atoms with Crippen LogP contribution in [0.1, 0.15) is 46.5 Å². The quantitative estimate of drug-likeness (QED) is 0.843. The van der Waals surface area contributed by atoms with Crippen LogP contribution in [0.15, 0.2) is 18.3 Å². The van der Waals surface area contributed by atoms with Gasteiger partial charge in [-0.05, 0) is 37.8 Å². The van der Waals surface area contributed by atoms with Gasteiger partial charge in [0.1, 0.15) is 5.69 Å². The summed E-state index contributed by atoms with van der Waals surface area (Å²) in [7, 11) is 0. The summed E-state index contributed by atoms with van der Waals surface area (Å²) in [5.74, 6) is -0.417. The Morgan fingerprint density at radius 3 is 2.86 bits per heavy atom. The average molecular weight is 289 g/mol. The molecule has 2 fully saturated rings. The Morgan fingerprint density at radius 2 is 2.14 bits per heavy atom. The number of nitrogens with zero attached hydrogens (tertiary/aromatic N) is 1. The number of pyridine rings is 1. The molecule has 6 heteroatoms. The van der Waals surface area contributed by atoms with Gasteiger partial charge in [0.25, 0.3) is 11.8 Å². The van der Waals surface area contributed by atoms with E-state index in [1.165, 1.54) is 12.3 Å². The molecule has 2 amide bonds. The van der Waals surface area contributed by atoms with E-state index in [1.807, 2.05) is 0 Å². The van der Waals surface area contributed by atoms with Crippen LogP contribution in [0.5, 0.6) is 0 Å². The molecular weight excluding hydrogens is 270 g/mol. The summed E-state index contributed by atoms with van der Waals surface area (Å²) in [5.41, 5.74) is 0.732. The van der Waals surface area contributed by atoms with Gasteiger partial charge in [0.15, 0.2) is 0 Å². The molecule has 2 aliphatic rings. The molecule has 112 valence electrons. The van der Waals surface area contributed by atoms with Crippen LogP contribution in [0.25, 0.3) is 0 Å². The highest BCUT2D eigenvalue weighted by atomic mass is 16.5. The molecule has 1 aromatic rings. The summed E-state index contributed by atoms with van der Waals surface area (Å²) in [6, 6.07) is 3.41. The first-order chi connectivity index (χ1) is 10.2. The first-order valence-electron chi connectivity index (χ1n) is 7.39. The Hall–Kier alpha value is -1.95. The molecule has 1 aliphatic carbocycles. The van der Waals surface area contributed by atoms with Crippen LogP contribution in [-0.4, -0.2) is 42.1 Å². The van der Waals surface area contributed by atoms with E-state index in [2.05, 4.69) is 15.6 Å². The molecule has 6 nitrogen and oxygen atoms in total. The van der Waals surface area contributed by atoms with Crippen molar-refractivity contribution in [1.29, 1.82) is 0 Å². The second-order valence-corrected chi connectivity index (χ2v) is 5.52. The molecule has 0 aromatic carbocycles. The number of nitrogens with one attached hydrogen (secondary N) is 2. The van der Waals surface area contributed by atoms with E-state index < -0.39 is 0 Å². The molecule has 3 rings (SSSR count). The van der Waals surface area contributed by atoms with Crippen LogP contribution in [0.3, 0.4) is 0 Å². The van der Waals surface area contributed by atoms with Crippen LogP contribution >= 0.6 is 0 Å². The Bertz CT molecular complexity index is 537. The van der Waals surface area contributed by atoms with E-state index in [0.717, 1.165) is 32.3 Å². The number of ether oxygens (including phenoxy) is 1. The molecule has 21 heavy (non-hydrogen) atoms. The third kappa shape index (κ3) is 3.78. The van der Waals surface area contributed by atoms with Gasteiger partial charge < -0.3 is 15.4 Å². The lowest BCUT2D eigenvalue weighted by Crippen LogP contribution is -2.32. The van der Waals surface area contributed by atoms with E-state index in [9.17, 15) is 9.59 Å². The van der Waals surface area contributed by atoms with Crippen molar-refractivity contribution < 1.29 is 14.3 Å². The van der Waals surface area contributed by atoms with Gasteiger partial charge in [0.05, 0.1) is 6.10 Å². The summed E-state index contributed by atoms with van der Waals surface area (Å²) in [6.45, 7) is 1.27. The van der Waals surface area contributed by atoms with E-state index in [4.69, 9.17) is 4.74 Å². The Labute approximate surface area is 123 Å². The summed E-state index contributed by atoms with van der Waals surface area (Å²) in [4.78, 5) is 28.0. The first kappa shape index (κ1) is 14.0. The Morgan fingerprint density at radius 1 is 1.29 bits per heavy atom. The fourth-order valence-electron chi connectivity index (χ4n) is 2.30. The Kier molecular flexibility index (Phi) is 4.15. The fourth-order valence-corrected chi connectivity index (χ4v) is 2.30. The van der Waals surface area contributed by atoms with Gasteiger partial charge in [0.2, 0.25) is 0 Å². The summed E-state index contributed by atoms with van der Waals surface area (Å²) in [6.07, 6.45) is 5.66. The minimum absolute atomic E-state index is 0.105. The maximum absolute atomic E-state index is 12.1. The maximum atomic E-state index is 12.1. The number of hydrogen-bond acceptors (Lipinski definition) is 4. The number of carbonyl (C=O) groups is 2. The van der Waals surface area contributed by atoms with E-state index in [1.54, 1.807) is 6.07 Å². The average Bonchev–Trinajstić information content (AvgIpc) is 3.16. The van der Waals surface area contributed by atoms with Crippen LogP contribution in [0.4, 0.5) is 0 Å². The predicted molar refractivity (Wildman–Crippen MR) is 76.0 cm³/mol. The van der Waals surface area contributed by atoms with Gasteiger partial charge in [-0.3, -0.25) is 14.6 Å². The van der Waals surface area contributed by atoms with Crippen molar-refractivity contribution in [3.8, 4) is 0 Å². The highest BCUT2D eigenvalue weighted by Gasteiger charge is 2.24. The summed E-state index contributed by atoms with van der Waals surface area (Å²) >= 11 is 0. The molecule has 0 spiro atoms. The highest BCUT2D eigenvalue weighted by Crippen LogP contribution is 2.19. The van der Waals surface area contributed by atoms with Crippen molar-refractivity contribution in [2.24, 2.45) is 0 Å². The van der Waals surface area contributed by atoms with Crippen molar-refractivity contribution in [2.45, 2.75) is 37.8 Å². The standard InChI is InChI=1S/C15H19N3O3/c19-14(17-9-12-2-1-7-21-12)10-5-6-16-13(8-10)15(20)18-11-3-4-11/h5-6,8,11-12H,1-4,7,9H2,(H,17,19)(H,18,20). The lowest BCUT2D eigenvalue weighted by atomic mass is 10.2. The molecular formula is C15H19N3O3. The maximum Gasteiger partial charge on any atom is 0.270 e. The lowest BCUT2D eigenvalue weighted by molar-refractivity contribution is 0.0857. The third-order valence-electron chi connectivity index (χ3n) is 3.68. The number of carbonyl (C=O) groups excluding carboxylic acids is 2. The van der Waals surface area contributed by atoms with E-state index >= 15 is 0 Å². The number of aromatic nitrogens is 1. The molecule has 1 atom stereocenters. The molecule has 1 saturated carbocycles. The van der Waals surface area contributed by atoms with Gasteiger partial charge in [-0.1, -0.05) is 0 Å². The van der Waals surface area contributed by atoms with Gasteiger partial charge in [-0.2, -0.15) is 0 Å². The lowest BCUT2D eigenvalue weighted by Gasteiger charge is -2.11. The fraction of sp³-hybridized carbons (Fsp3) is 0.533. The van der Waals surface area contributed by atoms with Gasteiger partial charge >= 0.3 is 0 Å². The minimum atomic E-state index is -0.216.